The number of nitrogens with zero attached hydrogens (tertiary/aromatic N) is 1. The van der Waals surface area contributed by atoms with Gasteiger partial charge in [0, 0.05) is 30.8 Å². The minimum Gasteiger partial charge on any atom is -0.497 e. The Labute approximate surface area is 149 Å². The van der Waals surface area contributed by atoms with Crippen molar-refractivity contribution in [2.75, 3.05) is 40.5 Å². The Hall–Kier alpha value is -1.79. The van der Waals surface area contributed by atoms with Gasteiger partial charge in [-0.3, -0.25) is 9.69 Å². The molecule has 0 radical (unpaired) electrons. The highest BCUT2D eigenvalue weighted by atomic mass is 16.5. The first-order valence-corrected chi connectivity index (χ1v) is 9.05. The number of hydrogen-bond acceptors (Lipinski definition) is 5. The van der Waals surface area contributed by atoms with Crippen LogP contribution >= 0.6 is 0 Å². The lowest BCUT2D eigenvalue weighted by molar-refractivity contribution is -0.123. The molecule has 0 bridgehead atoms. The third-order valence-electron chi connectivity index (χ3n) is 5.06. The van der Waals surface area contributed by atoms with Crippen molar-refractivity contribution in [1.29, 1.82) is 0 Å². The second-order valence-electron chi connectivity index (χ2n) is 6.68. The molecule has 138 valence electrons. The molecule has 6 nitrogen and oxygen atoms in total. The molecule has 3 rings (SSSR count). The zero-order chi connectivity index (χ0) is 17.6. The van der Waals surface area contributed by atoms with Crippen LogP contribution in [-0.4, -0.2) is 57.4 Å². The molecule has 1 aromatic rings. The van der Waals surface area contributed by atoms with Crippen LogP contribution in [0, 0.1) is 0 Å². The molecule has 1 aromatic carbocycles. The van der Waals surface area contributed by atoms with Gasteiger partial charge in [0.25, 0.3) is 0 Å². The predicted molar refractivity (Wildman–Crippen MR) is 95.1 cm³/mol. The summed E-state index contributed by atoms with van der Waals surface area (Å²) in [6.07, 6.45) is 4.42. The molecule has 0 aliphatic carbocycles. The van der Waals surface area contributed by atoms with Crippen LogP contribution in [0.1, 0.15) is 37.3 Å². The van der Waals surface area contributed by atoms with Gasteiger partial charge in [0.2, 0.25) is 5.91 Å². The molecule has 2 aliphatic rings. The number of hydrogen-bond donors (Lipinski definition) is 1. The van der Waals surface area contributed by atoms with E-state index in [2.05, 4.69) is 10.2 Å². The van der Waals surface area contributed by atoms with Crippen molar-refractivity contribution in [3.05, 3.63) is 23.8 Å². The second-order valence-corrected chi connectivity index (χ2v) is 6.68. The van der Waals surface area contributed by atoms with E-state index in [1.807, 2.05) is 18.2 Å². The smallest absolute Gasteiger partial charge is 0.234 e. The Morgan fingerprint density at radius 1 is 1.28 bits per heavy atom. The number of carbonyl (C=O) groups is 1. The van der Waals surface area contributed by atoms with Crippen LogP contribution in [0.2, 0.25) is 0 Å². The largest absolute Gasteiger partial charge is 0.497 e. The SMILES string of the molecule is COc1ccc([C@H]2CCCN2CC(=O)NC[C@H]2CCCO2)c(OC)c1. The fourth-order valence-corrected chi connectivity index (χ4v) is 3.73. The lowest BCUT2D eigenvalue weighted by Crippen LogP contribution is -2.40. The normalized spacial score (nSPS) is 23.6. The van der Waals surface area contributed by atoms with Crippen LogP contribution in [0.25, 0.3) is 0 Å². The second kappa shape index (κ2) is 8.54. The molecule has 1 N–H and O–H groups in total. The van der Waals surface area contributed by atoms with Gasteiger partial charge in [-0.1, -0.05) is 6.07 Å². The summed E-state index contributed by atoms with van der Waals surface area (Å²) in [5.74, 6) is 1.66. The summed E-state index contributed by atoms with van der Waals surface area (Å²) < 4.78 is 16.4. The lowest BCUT2D eigenvalue weighted by atomic mass is 10.0. The van der Waals surface area contributed by atoms with Crippen molar-refractivity contribution in [2.45, 2.75) is 37.8 Å². The Morgan fingerprint density at radius 2 is 2.16 bits per heavy atom. The summed E-state index contributed by atoms with van der Waals surface area (Å²) >= 11 is 0. The summed E-state index contributed by atoms with van der Waals surface area (Å²) in [4.78, 5) is 14.6. The lowest BCUT2D eigenvalue weighted by Gasteiger charge is -2.26. The van der Waals surface area contributed by atoms with Gasteiger partial charge in [0.05, 0.1) is 26.9 Å². The summed E-state index contributed by atoms with van der Waals surface area (Å²) in [6.45, 7) is 2.76. The first-order chi connectivity index (χ1) is 12.2. The minimum absolute atomic E-state index is 0.0647. The third kappa shape index (κ3) is 4.44. The summed E-state index contributed by atoms with van der Waals surface area (Å²) in [7, 11) is 3.32. The molecule has 0 spiro atoms. The van der Waals surface area contributed by atoms with Gasteiger partial charge < -0.3 is 19.5 Å². The van der Waals surface area contributed by atoms with Gasteiger partial charge in [-0.2, -0.15) is 0 Å². The van der Waals surface area contributed by atoms with Crippen molar-refractivity contribution in [3.8, 4) is 11.5 Å². The van der Waals surface area contributed by atoms with E-state index in [0.717, 1.165) is 55.9 Å². The molecule has 2 saturated heterocycles. The average molecular weight is 348 g/mol. The number of ether oxygens (including phenoxy) is 3. The fraction of sp³-hybridized carbons (Fsp3) is 0.632. The van der Waals surface area contributed by atoms with E-state index in [0.29, 0.717) is 13.1 Å². The van der Waals surface area contributed by atoms with Crippen molar-refractivity contribution in [3.63, 3.8) is 0 Å². The van der Waals surface area contributed by atoms with E-state index in [-0.39, 0.29) is 18.1 Å². The van der Waals surface area contributed by atoms with E-state index < -0.39 is 0 Å². The zero-order valence-electron chi connectivity index (χ0n) is 15.1. The number of rotatable bonds is 7. The number of amides is 1. The molecule has 0 saturated carbocycles. The van der Waals surface area contributed by atoms with Crippen LogP contribution in [0.15, 0.2) is 18.2 Å². The van der Waals surface area contributed by atoms with Gasteiger partial charge in [-0.05, 0) is 38.3 Å². The number of likely N-dealkylation sites (tertiary alicyclic amines) is 1. The fourth-order valence-electron chi connectivity index (χ4n) is 3.73. The van der Waals surface area contributed by atoms with E-state index in [1.54, 1.807) is 14.2 Å². The monoisotopic (exact) mass is 348 g/mol. The van der Waals surface area contributed by atoms with Gasteiger partial charge >= 0.3 is 0 Å². The van der Waals surface area contributed by atoms with Crippen LogP contribution in [0.4, 0.5) is 0 Å². The highest BCUT2D eigenvalue weighted by molar-refractivity contribution is 5.78. The van der Waals surface area contributed by atoms with Crippen molar-refractivity contribution in [1.82, 2.24) is 10.2 Å². The topological polar surface area (TPSA) is 60.0 Å². The van der Waals surface area contributed by atoms with E-state index in [4.69, 9.17) is 14.2 Å². The molecule has 6 heteroatoms. The Bertz CT molecular complexity index is 587. The first kappa shape index (κ1) is 18.0. The summed E-state index contributed by atoms with van der Waals surface area (Å²) in [5, 5.41) is 3.01. The van der Waals surface area contributed by atoms with E-state index in [9.17, 15) is 4.79 Å². The van der Waals surface area contributed by atoms with Crippen LogP contribution in [0.3, 0.4) is 0 Å². The van der Waals surface area contributed by atoms with E-state index >= 15 is 0 Å². The van der Waals surface area contributed by atoms with E-state index in [1.165, 1.54) is 0 Å². The maximum Gasteiger partial charge on any atom is 0.234 e. The van der Waals surface area contributed by atoms with Crippen molar-refractivity contribution >= 4 is 5.91 Å². The number of benzene rings is 1. The zero-order valence-corrected chi connectivity index (χ0v) is 15.1. The number of nitrogens with one attached hydrogen (secondary N) is 1. The quantitative estimate of drug-likeness (QED) is 0.818. The highest BCUT2D eigenvalue weighted by Gasteiger charge is 2.30. The maximum absolute atomic E-state index is 12.3. The van der Waals surface area contributed by atoms with Gasteiger partial charge in [-0.25, -0.2) is 0 Å². The Morgan fingerprint density at radius 3 is 2.88 bits per heavy atom. The highest BCUT2D eigenvalue weighted by Crippen LogP contribution is 2.38. The minimum atomic E-state index is 0.0647. The van der Waals surface area contributed by atoms with Crippen molar-refractivity contribution in [2.24, 2.45) is 0 Å². The van der Waals surface area contributed by atoms with Crippen LogP contribution in [-0.2, 0) is 9.53 Å². The van der Waals surface area contributed by atoms with Gasteiger partial charge in [0.1, 0.15) is 11.5 Å². The summed E-state index contributed by atoms with van der Waals surface area (Å²) in [6, 6.07) is 6.11. The van der Waals surface area contributed by atoms with Crippen molar-refractivity contribution < 1.29 is 19.0 Å². The summed E-state index contributed by atoms with van der Waals surface area (Å²) in [5.41, 5.74) is 1.12. The predicted octanol–water partition coefficient (Wildman–Crippen LogP) is 2.14. The molecule has 2 aliphatic heterocycles. The molecule has 0 unspecified atom stereocenters. The molecular formula is C19H28N2O4. The molecule has 1 amide bonds. The molecule has 2 atom stereocenters. The van der Waals surface area contributed by atoms with Gasteiger partial charge in [-0.15, -0.1) is 0 Å². The molecular weight excluding hydrogens is 320 g/mol. The van der Waals surface area contributed by atoms with Crippen LogP contribution < -0.4 is 14.8 Å². The third-order valence-corrected chi connectivity index (χ3v) is 5.06. The molecule has 2 heterocycles. The number of carbonyl (C=O) groups excluding carboxylic acids is 1. The van der Waals surface area contributed by atoms with Crippen LogP contribution in [0.5, 0.6) is 11.5 Å². The Kier molecular flexibility index (Phi) is 6.15. The standard InChI is InChI=1S/C19H28N2O4/c1-23-14-7-8-16(18(11-14)24-2)17-6-3-9-21(17)13-19(22)20-12-15-5-4-10-25-15/h7-8,11,15,17H,3-6,9-10,12-13H2,1-2H3,(H,20,22)/t15-,17-/m1/s1. The molecule has 0 aromatic heterocycles. The molecule has 2 fully saturated rings. The molecule has 25 heavy (non-hydrogen) atoms. The Balaban J connectivity index is 1.61. The first-order valence-electron chi connectivity index (χ1n) is 9.05. The number of methoxy groups -OCH3 is 2. The van der Waals surface area contributed by atoms with Gasteiger partial charge in [0.15, 0.2) is 0 Å². The average Bonchev–Trinajstić information content (AvgIpc) is 3.31. The maximum atomic E-state index is 12.3.